The van der Waals surface area contributed by atoms with Gasteiger partial charge in [-0.05, 0) is 18.2 Å². The number of rotatable bonds is 3. The third-order valence-electron chi connectivity index (χ3n) is 4.64. The first kappa shape index (κ1) is 15.1. The average Bonchev–Trinajstić information content (AvgIpc) is 2.61. The minimum atomic E-state index is -0.262. The van der Waals surface area contributed by atoms with Crippen molar-refractivity contribution in [1.29, 1.82) is 0 Å². The van der Waals surface area contributed by atoms with Crippen LogP contribution < -0.4 is 4.74 Å². The number of aromatic nitrogens is 1. The van der Waals surface area contributed by atoms with Crippen molar-refractivity contribution < 1.29 is 14.3 Å². The molecular weight excluding hydrogens is 304 g/mol. The summed E-state index contributed by atoms with van der Waals surface area (Å²) in [6.45, 7) is 1.91. The summed E-state index contributed by atoms with van der Waals surface area (Å²) < 4.78 is 12.0. The first-order valence-electron chi connectivity index (χ1n) is 8.30. The SMILES string of the molecule is O=C(c1ccccc1)N1CC2(C[C@H](Oc3ccccn3)CCO2)C1. The smallest absolute Gasteiger partial charge is 0.254 e. The highest BCUT2D eigenvalue weighted by atomic mass is 16.5. The van der Waals surface area contributed by atoms with Crippen molar-refractivity contribution in [2.45, 2.75) is 24.5 Å². The van der Waals surface area contributed by atoms with Crippen molar-refractivity contribution in [2.24, 2.45) is 0 Å². The molecule has 5 nitrogen and oxygen atoms in total. The van der Waals surface area contributed by atoms with E-state index in [2.05, 4.69) is 4.98 Å². The number of nitrogens with zero attached hydrogens (tertiary/aromatic N) is 2. The van der Waals surface area contributed by atoms with Gasteiger partial charge < -0.3 is 14.4 Å². The molecule has 5 heteroatoms. The molecule has 2 aliphatic rings. The molecule has 0 saturated carbocycles. The van der Waals surface area contributed by atoms with Crippen molar-refractivity contribution in [3.63, 3.8) is 0 Å². The van der Waals surface area contributed by atoms with Gasteiger partial charge in [-0.2, -0.15) is 0 Å². The number of hydrogen-bond donors (Lipinski definition) is 0. The second-order valence-electron chi connectivity index (χ2n) is 6.46. The molecule has 4 rings (SSSR count). The molecule has 2 fully saturated rings. The van der Waals surface area contributed by atoms with Crippen LogP contribution in [0.25, 0.3) is 0 Å². The van der Waals surface area contributed by atoms with E-state index in [1.807, 2.05) is 53.4 Å². The third-order valence-corrected chi connectivity index (χ3v) is 4.64. The van der Waals surface area contributed by atoms with Crippen LogP contribution in [0.2, 0.25) is 0 Å². The molecule has 1 aromatic carbocycles. The van der Waals surface area contributed by atoms with Gasteiger partial charge in [0.05, 0.1) is 19.7 Å². The Hall–Kier alpha value is -2.40. The summed E-state index contributed by atoms with van der Waals surface area (Å²) >= 11 is 0. The van der Waals surface area contributed by atoms with Gasteiger partial charge in [0.15, 0.2) is 0 Å². The van der Waals surface area contributed by atoms with Gasteiger partial charge in [0.1, 0.15) is 11.7 Å². The summed E-state index contributed by atoms with van der Waals surface area (Å²) in [6.07, 6.45) is 3.46. The lowest BCUT2D eigenvalue weighted by molar-refractivity contribution is -0.174. The summed E-state index contributed by atoms with van der Waals surface area (Å²) in [5.41, 5.74) is 0.465. The first-order chi connectivity index (χ1) is 11.7. The zero-order chi connectivity index (χ0) is 16.4. The maximum Gasteiger partial charge on any atom is 0.254 e. The topological polar surface area (TPSA) is 51.7 Å². The molecule has 1 spiro atoms. The van der Waals surface area contributed by atoms with Gasteiger partial charge in [0, 0.05) is 30.7 Å². The highest BCUT2D eigenvalue weighted by Crippen LogP contribution is 2.36. The van der Waals surface area contributed by atoms with Crippen LogP contribution in [0.4, 0.5) is 0 Å². The molecular formula is C19H20N2O3. The number of carbonyl (C=O) groups excluding carboxylic acids is 1. The van der Waals surface area contributed by atoms with E-state index >= 15 is 0 Å². The third kappa shape index (κ3) is 2.99. The standard InChI is InChI=1S/C19H20N2O3/c22-18(15-6-2-1-3-7-15)21-13-19(14-21)12-16(9-11-23-19)24-17-8-4-5-10-20-17/h1-8,10,16H,9,11-14H2/t16-/m1/s1. The Labute approximate surface area is 141 Å². The minimum Gasteiger partial charge on any atom is -0.474 e. The van der Waals surface area contributed by atoms with Crippen molar-refractivity contribution in [2.75, 3.05) is 19.7 Å². The predicted octanol–water partition coefficient (Wildman–Crippen LogP) is 2.53. The molecule has 1 aromatic heterocycles. The molecule has 124 valence electrons. The second-order valence-corrected chi connectivity index (χ2v) is 6.46. The highest BCUT2D eigenvalue weighted by Gasteiger charge is 2.50. The number of carbonyl (C=O) groups is 1. The fraction of sp³-hybridized carbons (Fsp3) is 0.368. The van der Waals surface area contributed by atoms with Gasteiger partial charge in [-0.3, -0.25) is 4.79 Å². The largest absolute Gasteiger partial charge is 0.474 e. The van der Waals surface area contributed by atoms with Crippen molar-refractivity contribution in [3.8, 4) is 5.88 Å². The molecule has 2 aliphatic heterocycles. The predicted molar refractivity (Wildman–Crippen MR) is 88.9 cm³/mol. The molecule has 2 aromatic rings. The number of hydrogen-bond acceptors (Lipinski definition) is 4. The van der Waals surface area contributed by atoms with Crippen LogP contribution in [0, 0.1) is 0 Å². The Balaban J connectivity index is 1.36. The number of pyridine rings is 1. The Morgan fingerprint density at radius 1 is 1.17 bits per heavy atom. The van der Waals surface area contributed by atoms with Crippen LogP contribution in [0.15, 0.2) is 54.7 Å². The Morgan fingerprint density at radius 3 is 2.71 bits per heavy atom. The fourth-order valence-electron chi connectivity index (χ4n) is 3.45. The van der Waals surface area contributed by atoms with E-state index in [1.165, 1.54) is 0 Å². The number of benzene rings is 1. The molecule has 3 heterocycles. The van der Waals surface area contributed by atoms with E-state index in [0.717, 1.165) is 18.4 Å². The minimum absolute atomic E-state index is 0.0672. The summed E-state index contributed by atoms with van der Waals surface area (Å²) in [5, 5.41) is 0. The van der Waals surface area contributed by atoms with Gasteiger partial charge in [-0.25, -0.2) is 4.98 Å². The zero-order valence-corrected chi connectivity index (χ0v) is 13.4. The second kappa shape index (κ2) is 6.24. The van der Waals surface area contributed by atoms with Crippen LogP contribution >= 0.6 is 0 Å². The number of amides is 1. The summed E-state index contributed by atoms with van der Waals surface area (Å²) in [7, 11) is 0. The van der Waals surface area contributed by atoms with E-state index in [1.54, 1.807) is 6.20 Å². The van der Waals surface area contributed by atoms with E-state index in [4.69, 9.17) is 9.47 Å². The van der Waals surface area contributed by atoms with Crippen LogP contribution in [0.3, 0.4) is 0 Å². The van der Waals surface area contributed by atoms with Gasteiger partial charge in [-0.1, -0.05) is 24.3 Å². The van der Waals surface area contributed by atoms with E-state index in [9.17, 15) is 4.79 Å². The van der Waals surface area contributed by atoms with Crippen molar-refractivity contribution in [3.05, 3.63) is 60.3 Å². The molecule has 0 radical (unpaired) electrons. The lowest BCUT2D eigenvalue weighted by atomic mass is 9.84. The maximum absolute atomic E-state index is 12.5. The monoisotopic (exact) mass is 324 g/mol. The molecule has 1 atom stereocenters. The number of likely N-dealkylation sites (tertiary alicyclic amines) is 1. The van der Waals surface area contributed by atoms with Crippen LogP contribution in [0.5, 0.6) is 5.88 Å². The molecule has 1 amide bonds. The Kier molecular flexibility index (Phi) is 3.94. The van der Waals surface area contributed by atoms with Crippen LogP contribution in [-0.4, -0.2) is 47.2 Å². The highest BCUT2D eigenvalue weighted by molar-refractivity contribution is 5.94. The van der Waals surface area contributed by atoms with Crippen LogP contribution in [0.1, 0.15) is 23.2 Å². The van der Waals surface area contributed by atoms with Gasteiger partial charge in [0.2, 0.25) is 5.88 Å². The van der Waals surface area contributed by atoms with E-state index in [-0.39, 0.29) is 17.6 Å². The fourth-order valence-corrected chi connectivity index (χ4v) is 3.45. The quantitative estimate of drug-likeness (QED) is 0.870. The van der Waals surface area contributed by atoms with Crippen molar-refractivity contribution in [1.82, 2.24) is 9.88 Å². The zero-order valence-electron chi connectivity index (χ0n) is 13.4. The Bertz CT molecular complexity index is 699. The summed E-state index contributed by atoms with van der Waals surface area (Å²) in [5.74, 6) is 0.716. The normalized spacial score (nSPS) is 22.0. The Morgan fingerprint density at radius 2 is 1.96 bits per heavy atom. The molecule has 0 aliphatic carbocycles. The lowest BCUT2D eigenvalue weighted by Crippen LogP contribution is -2.67. The van der Waals surface area contributed by atoms with Gasteiger partial charge in [-0.15, -0.1) is 0 Å². The summed E-state index contributed by atoms with van der Waals surface area (Å²) in [4.78, 5) is 18.5. The van der Waals surface area contributed by atoms with Gasteiger partial charge in [0.25, 0.3) is 5.91 Å². The lowest BCUT2D eigenvalue weighted by Gasteiger charge is -2.52. The summed E-state index contributed by atoms with van der Waals surface area (Å²) in [6, 6.07) is 15.0. The van der Waals surface area contributed by atoms with E-state index in [0.29, 0.717) is 25.6 Å². The molecule has 0 bridgehead atoms. The van der Waals surface area contributed by atoms with Crippen LogP contribution in [-0.2, 0) is 4.74 Å². The molecule has 0 unspecified atom stereocenters. The van der Waals surface area contributed by atoms with E-state index < -0.39 is 0 Å². The first-order valence-corrected chi connectivity index (χ1v) is 8.30. The molecule has 2 saturated heterocycles. The average molecular weight is 324 g/mol. The molecule has 24 heavy (non-hydrogen) atoms. The van der Waals surface area contributed by atoms with Crippen molar-refractivity contribution >= 4 is 5.91 Å². The van der Waals surface area contributed by atoms with Gasteiger partial charge >= 0.3 is 0 Å². The maximum atomic E-state index is 12.5. The molecule has 0 N–H and O–H groups in total. The number of ether oxygens (including phenoxy) is 2.